The Morgan fingerprint density at radius 1 is 1.09 bits per heavy atom. The molecule has 1 aliphatic heterocycles. The van der Waals surface area contributed by atoms with E-state index in [-0.39, 0.29) is 11.7 Å². The molecule has 0 atom stereocenters. The number of hydrogen-bond donors (Lipinski definition) is 0. The molecule has 3 aromatic heterocycles. The third kappa shape index (κ3) is 3.62. The number of fused-ring (bicyclic) bond motifs is 3. The van der Waals surface area contributed by atoms with E-state index in [9.17, 15) is 9.18 Å². The summed E-state index contributed by atoms with van der Waals surface area (Å²) >= 11 is 1.78. The maximum Gasteiger partial charge on any atom is 0.254 e. The molecule has 0 bridgehead atoms. The van der Waals surface area contributed by atoms with E-state index in [1.54, 1.807) is 47.7 Å². The van der Waals surface area contributed by atoms with Gasteiger partial charge >= 0.3 is 0 Å². The van der Waals surface area contributed by atoms with E-state index in [4.69, 9.17) is 9.97 Å². The third-order valence-corrected chi connectivity index (χ3v) is 7.94. The van der Waals surface area contributed by atoms with Crippen LogP contribution >= 0.6 is 11.3 Å². The second-order valence-electron chi connectivity index (χ2n) is 8.89. The summed E-state index contributed by atoms with van der Waals surface area (Å²) in [6.07, 6.45) is 6.89. The van der Waals surface area contributed by atoms with E-state index in [0.717, 1.165) is 29.1 Å². The fourth-order valence-corrected chi connectivity index (χ4v) is 6.12. The van der Waals surface area contributed by atoms with Crippen molar-refractivity contribution in [2.75, 3.05) is 31.1 Å². The van der Waals surface area contributed by atoms with Crippen LogP contribution in [0.15, 0.2) is 42.7 Å². The van der Waals surface area contributed by atoms with Gasteiger partial charge in [0.2, 0.25) is 0 Å². The number of halogens is 1. The second kappa shape index (κ2) is 8.43. The van der Waals surface area contributed by atoms with Gasteiger partial charge in [0.05, 0.1) is 5.39 Å². The summed E-state index contributed by atoms with van der Waals surface area (Å²) in [6, 6.07) is 8.59. The van der Waals surface area contributed by atoms with Gasteiger partial charge < -0.3 is 9.80 Å². The second-order valence-corrected chi connectivity index (χ2v) is 9.98. The van der Waals surface area contributed by atoms with Crippen molar-refractivity contribution in [3.05, 3.63) is 70.1 Å². The predicted octanol–water partition coefficient (Wildman–Crippen LogP) is 4.65. The summed E-state index contributed by atoms with van der Waals surface area (Å²) in [5, 5.41) is 1.17. The van der Waals surface area contributed by atoms with Crippen molar-refractivity contribution in [1.82, 2.24) is 19.9 Å². The first-order chi connectivity index (χ1) is 16.6. The highest BCUT2D eigenvalue weighted by atomic mass is 32.1. The molecule has 6 rings (SSSR count). The average Bonchev–Trinajstić information content (AvgIpc) is 3.47. The molecule has 1 aromatic carbocycles. The van der Waals surface area contributed by atoms with Gasteiger partial charge in [-0.15, -0.1) is 11.3 Å². The molecule has 1 saturated heterocycles. The minimum absolute atomic E-state index is 0.126. The molecule has 0 radical (unpaired) electrons. The number of aromatic nitrogens is 3. The molecule has 0 saturated carbocycles. The van der Waals surface area contributed by atoms with E-state index in [1.807, 2.05) is 12.1 Å². The number of amides is 1. The summed E-state index contributed by atoms with van der Waals surface area (Å²) in [7, 11) is 0. The van der Waals surface area contributed by atoms with Crippen LogP contribution < -0.4 is 4.90 Å². The number of piperazine rings is 1. The smallest absolute Gasteiger partial charge is 0.254 e. The summed E-state index contributed by atoms with van der Waals surface area (Å²) in [4.78, 5) is 33.7. The quantitative estimate of drug-likeness (QED) is 0.433. The molecule has 0 spiro atoms. The van der Waals surface area contributed by atoms with E-state index in [0.29, 0.717) is 43.1 Å². The van der Waals surface area contributed by atoms with Gasteiger partial charge in [0.25, 0.3) is 5.91 Å². The number of pyridine rings is 1. The minimum Gasteiger partial charge on any atom is -0.352 e. The van der Waals surface area contributed by atoms with E-state index in [1.165, 1.54) is 28.3 Å². The Kier molecular flexibility index (Phi) is 5.25. The van der Waals surface area contributed by atoms with E-state index < -0.39 is 0 Å². The zero-order valence-electron chi connectivity index (χ0n) is 18.9. The summed E-state index contributed by atoms with van der Waals surface area (Å²) in [5.41, 5.74) is 3.23. The van der Waals surface area contributed by atoms with Crippen LogP contribution in [0.25, 0.3) is 21.6 Å². The van der Waals surface area contributed by atoms with Gasteiger partial charge in [-0.3, -0.25) is 9.78 Å². The van der Waals surface area contributed by atoms with Gasteiger partial charge in [-0.1, -0.05) is 6.07 Å². The number of nitrogens with zero attached hydrogens (tertiary/aromatic N) is 5. The molecule has 4 aromatic rings. The van der Waals surface area contributed by atoms with Gasteiger partial charge in [0, 0.05) is 54.6 Å². The normalized spacial score (nSPS) is 15.7. The van der Waals surface area contributed by atoms with Crippen molar-refractivity contribution >= 4 is 33.3 Å². The molecule has 1 aliphatic carbocycles. The molecular weight excluding hydrogens is 449 g/mol. The fourth-order valence-electron chi connectivity index (χ4n) is 4.86. The van der Waals surface area contributed by atoms with Crippen molar-refractivity contribution in [3.8, 4) is 11.4 Å². The third-order valence-electron chi connectivity index (χ3n) is 6.75. The van der Waals surface area contributed by atoms with Gasteiger partial charge in [-0.05, 0) is 61.6 Å². The van der Waals surface area contributed by atoms with Crippen LogP contribution in [0.3, 0.4) is 0 Å². The average molecular weight is 474 g/mol. The highest BCUT2D eigenvalue weighted by molar-refractivity contribution is 7.19. The Hall–Kier alpha value is -3.39. The Morgan fingerprint density at radius 3 is 2.71 bits per heavy atom. The summed E-state index contributed by atoms with van der Waals surface area (Å²) in [5.74, 6) is 1.17. The first-order valence-corrected chi connectivity index (χ1v) is 12.4. The molecule has 0 unspecified atom stereocenters. The van der Waals surface area contributed by atoms with E-state index in [2.05, 4.69) is 9.88 Å². The highest BCUT2D eigenvalue weighted by Gasteiger charge is 2.28. The molecule has 8 heteroatoms. The SMILES string of the molecule is Cc1ccc(C(=O)N2CCN(c3nc(-c4cccnc4)nc4sc5c(c34)CCC5)CC2)cc1F. The standard InChI is InChI=1S/C26H24FN5OS/c1-16-7-8-17(14-20(16)27)26(33)32-12-10-31(11-13-32)24-22-19-5-2-6-21(19)34-25(22)30-23(29-24)18-4-3-9-28-15-18/h3-4,7-9,14-15H,2,5-6,10-13H2,1H3. The zero-order chi connectivity index (χ0) is 23.2. The number of carbonyl (C=O) groups is 1. The monoisotopic (exact) mass is 473 g/mol. The predicted molar refractivity (Wildman–Crippen MR) is 132 cm³/mol. The lowest BCUT2D eigenvalue weighted by molar-refractivity contribution is 0.0746. The molecule has 6 nitrogen and oxygen atoms in total. The van der Waals surface area contributed by atoms with Gasteiger partial charge in [-0.25, -0.2) is 14.4 Å². The maximum absolute atomic E-state index is 14.0. The molecule has 1 fully saturated rings. The van der Waals surface area contributed by atoms with Crippen molar-refractivity contribution < 1.29 is 9.18 Å². The molecule has 1 amide bonds. The number of anilines is 1. The number of hydrogen-bond acceptors (Lipinski definition) is 6. The molecular formula is C26H24FN5OS. The number of rotatable bonds is 3. The first-order valence-electron chi connectivity index (χ1n) is 11.6. The number of aryl methyl sites for hydroxylation is 3. The molecule has 34 heavy (non-hydrogen) atoms. The highest BCUT2D eigenvalue weighted by Crippen LogP contribution is 2.41. The van der Waals surface area contributed by atoms with Crippen molar-refractivity contribution in [2.45, 2.75) is 26.2 Å². The number of benzene rings is 1. The van der Waals surface area contributed by atoms with Gasteiger partial charge in [0.1, 0.15) is 16.5 Å². The Balaban J connectivity index is 1.31. The van der Waals surface area contributed by atoms with Crippen LogP contribution in [0, 0.1) is 12.7 Å². The van der Waals surface area contributed by atoms with Crippen LogP contribution in [0.5, 0.6) is 0 Å². The van der Waals surface area contributed by atoms with Crippen LogP contribution in [0.2, 0.25) is 0 Å². The van der Waals surface area contributed by atoms with Gasteiger partial charge in [0.15, 0.2) is 5.82 Å². The number of carbonyl (C=O) groups excluding carboxylic acids is 1. The minimum atomic E-state index is -0.345. The lowest BCUT2D eigenvalue weighted by Gasteiger charge is -2.36. The Labute approximate surface area is 201 Å². The van der Waals surface area contributed by atoms with Crippen LogP contribution in [-0.2, 0) is 12.8 Å². The molecule has 2 aliphatic rings. The van der Waals surface area contributed by atoms with Crippen molar-refractivity contribution in [2.24, 2.45) is 0 Å². The summed E-state index contributed by atoms with van der Waals surface area (Å²) in [6.45, 7) is 4.17. The van der Waals surface area contributed by atoms with Crippen LogP contribution in [0.4, 0.5) is 10.2 Å². The van der Waals surface area contributed by atoms with Gasteiger partial charge in [-0.2, -0.15) is 0 Å². The zero-order valence-corrected chi connectivity index (χ0v) is 19.7. The first kappa shape index (κ1) is 21.2. The maximum atomic E-state index is 14.0. The summed E-state index contributed by atoms with van der Waals surface area (Å²) < 4.78 is 14.0. The van der Waals surface area contributed by atoms with Crippen LogP contribution in [-0.4, -0.2) is 51.9 Å². The van der Waals surface area contributed by atoms with Crippen LogP contribution in [0.1, 0.15) is 32.8 Å². The number of thiophene rings is 1. The molecule has 0 N–H and O–H groups in total. The largest absolute Gasteiger partial charge is 0.352 e. The molecule has 4 heterocycles. The van der Waals surface area contributed by atoms with E-state index >= 15 is 0 Å². The fraction of sp³-hybridized carbons (Fsp3) is 0.308. The lowest BCUT2D eigenvalue weighted by Crippen LogP contribution is -2.49. The van der Waals surface area contributed by atoms with Crippen molar-refractivity contribution in [1.29, 1.82) is 0 Å². The Bertz CT molecular complexity index is 1400. The Morgan fingerprint density at radius 2 is 1.94 bits per heavy atom. The molecule has 172 valence electrons. The topological polar surface area (TPSA) is 62.2 Å². The van der Waals surface area contributed by atoms with Crippen molar-refractivity contribution in [3.63, 3.8) is 0 Å². The lowest BCUT2D eigenvalue weighted by atomic mass is 10.1.